The lowest BCUT2D eigenvalue weighted by Gasteiger charge is -2.23. The smallest absolute Gasteiger partial charge is 0.256 e. The Kier molecular flexibility index (Phi) is 3.07. The topological polar surface area (TPSA) is 38.9 Å². The molecule has 0 spiro atoms. The zero-order valence-electron chi connectivity index (χ0n) is 9.53. The van der Waals surface area contributed by atoms with E-state index in [-0.39, 0.29) is 6.42 Å². The molecule has 4 heteroatoms. The van der Waals surface area contributed by atoms with Gasteiger partial charge in [0.1, 0.15) is 0 Å². The predicted molar refractivity (Wildman–Crippen MR) is 64.0 cm³/mol. The van der Waals surface area contributed by atoms with Crippen molar-refractivity contribution in [3.8, 4) is 0 Å². The van der Waals surface area contributed by atoms with Gasteiger partial charge in [0.05, 0.1) is 11.1 Å². The van der Waals surface area contributed by atoms with Crippen LogP contribution in [0.3, 0.4) is 0 Å². The van der Waals surface area contributed by atoms with Gasteiger partial charge in [-0.2, -0.15) is 0 Å². The van der Waals surface area contributed by atoms with Gasteiger partial charge in [-0.1, -0.05) is 12.1 Å². The molecule has 0 saturated heterocycles. The molecule has 17 heavy (non-hydrogen) atoms. The minimum absolute atomic E-state index is 0.148. The monoisotopic (exact) mass is 236 g/mol. The largest absolute Gasteiger partial charge is 0.320 e. The predicted octanol–water partition coefficient (Wildman–Crippen LogP) is 2.76. The normalized spacial score (nSPS) is 15.1. The van der Waals surface area contributed by atoms with Crippen molar-refractivity contribution in [2.75, 3.05) is 0 Å². The maximum atomic E-state index is 12.7. The van der Waals surface area contributed by atoms with E-state index < -0.39 is 12.0 Å². The highest BCUT2D eigenvalue weighted by atomic mass is 19.3. The van der Waals surface area contributed by atoms with E-state index >= 15 is 0 Å². The molecule has 1 atom stereocenters. The molecule has 1 heterocycles. The lowest BCUT2D eigenvalue weighted by molar-refractivity contribution is 0.0639. The summed E-state index contributed by atoms with van der Waals surface area (Å²) in [6.45, 7) is 1.37. The molecule has 0 aliphatic heterocycles. The highest BCUT2D eigenvalue weighted by molar-refractivity contribution is 5.78. The van der Waals surface area contributed by atoms with Crippen molar-refractivity contribution in [3.63, 3.8) is 0 Å². The third-order valence-corrected chi connectivity index (χ3v) is 2.75. The van der Waals surface area contributed by atoms with Crippen LogP contribution in [0.4, 0.5) is 8.78 Å². The fourth-order valence-corrected chi connectivity index (χ4v) is 1.75. The summed E-state index contributed by atoms with van der Waals surface area (Å²) in [6, 6.07) is 9.20. The molecule has 2 N–H and O–H groups in total. The minimum Gasteiger partial charge on any atom is -0.320 e. The van der Waals surface area contributed by atoms with E-state index in [4.69, 9.17) is 5.73 Å². The quantitative estimate of drug-likeness (QED) is 0.890. The summed E-state index contributed by atoms with van der Waals surface area (Å²) in [4.78, 5) is 4.17. The number of hydrogen-bond donors (Lipinski definition) is 1. The van der Waals surface area contributed by atoms with E-state index in [1.807, 2.05) is 24.3 Å². The van der Waals surface area contributed by atoms with Crippen LogP contribution in [-0.2, 0) is 6.42 Å². The maximum Gasteiger partial charge on any atom is 0.256 e. The number of nitrogens with two attached hydrogens (primary N) is 1. The van der Waals surface area contributed by atoms with Crippen LogP contribution in [0.15, 0.2) is 36.5 Å². The Labute approximate surface area is 98.5 Å². The maximum absolute atomic E-state index is 12.7. The van der Waals surface area contributed by atoms with Gasteiger partial charge in [-0.15, -0.1) is 0 Å². The molecule has 2 aromatic rings. The Morgan fingerprint density at radius 3 is 2.82 bits per heavy atom. The van der Waals surface area contributed by atoms with Gasteiger partial charge < -0.3 is 5.73 Å². The number of aromatic nitrogens is 1. The van der Waals surface area contributed by atoms with E-state index in [0.717, 1.165) is 16.5 Å². The SMILES string of the molecule is CC(N)(Cc1ccc2ncccc2c1)C(F)F. The molecule has 2 rings (SSSR count). The van der Waals surface area contributed by atoms with Crippen LogP contribution in [0.25, 0.3) is 10.9 Å². The van der Waals surface area contributed by atoms with Gasteiger partial charge in [0, 0.05) is 11.6 Å². The second-order valence-corrected chi connectivity index (χ2v) is 4.51. The summed E-state index contributed by atoms with van der Waals surface area (Å²) in [7, 11) is 0. The standard InChI is InChI=1S/C13H14F2N2/c1-13(16,12(14)15)8-9-4-5-11-10(7-9)3-2-6-17-11/h2-7,12H,8,16H2,1H3. The lowest BCUT2D eigenvalue weighted by atomic mass is 9.94. The summed E-state index contributed by atoms with van der Waals surface area (Å²) >= 11 is 0. The average molecular weight is 236 g/mol. The highest BCUT2D eigenvalue weighted by Gasteiger charge is 2.30. The minimum atomic E-state index is -2.54. The summed E-state index contributed by atoms with van der Waals surface area (Å²) in [5, 5.41) is 0.940. The molecule has 0 fully saturated rings. The Morgan fingerprint density at radius 1 is 1.35 bits per heavy atom. The van der Waals surface area contributed by atoms with Crippen LogP contribution in [0.1, 0.15) is 12.5 Å². The molecule has 1 aromatic carbocycles. The Balaban J connectivity index is 2.31. The van der Waals surface area contributed by atoms with Crippen molar-refractivity contribution in [3.05, 3.63) is 42.1 Å². The molecule has 2 nitrogen and oxygen atoms in total. The average Bonchev–Trinajstić information content (AvgIpc) is 2.28. The van der Waals surface area contributed by atoms with Crippen LogP contribution in [0.2, 0.25) is 0 Å². The van der Waals surface area contributed by atoms with E-state index in [9.17, 15) is 8.78 Å². The first-order valence-corrected chi connectivity index (χ1v) is 5.40. The van der Waals surface area contributed by atoms with Gasteiger partial charge in [0.25, 0.3) is 6.43 Å². The fraction of sp³-hybridized carbons (Fsp3) is 0.308. The molecule has 0 aliphatic carbocycles. The van der Waals surface area contributed by atoms with Crippen LogP contribution >= 0.6 is 0 Å². The number of hydrogen-bond acceptors (Lipinski definition) is 2. The van der Waals surface area contributed by atoms with Gasteiger partial charge in [-0.05, 0) is 37.1 Å². The van der Waals surface area contributed by atoms with Crippen LogP contribution in [0, 0.1) is 0 Å². The summed E-state index contributed by atoms with van der Waals surface area (Å²) in [6.07, 6.45) is -0.684. The van der Waals surface area contributed by atoms with Crippen molar-refractivity contribution in [2.45, 2.75) is 25.3 Å². The molecular weight excluding hydrogens is 222 g/mol. The lowest BCUT2D eigenvalue weighted by Crippen LogP contribution is -2.45. The first-order chi connectivity index (χ1) is 7.99. The van der Waals surface area contributed by atoms with Gasteiger partial charge in [-0.25, -0.2) is 8.78 Å². The number of fused-ring (bicyclic) bond motifs is 1. The third kappa shape index (κ3) is 2.58. The summed E-state index contributed by atoms with van der Waals surface area (Å²) in [5.74, 6) is 0. The summed E-state index contributed by atoms with van der Waals surface area (Å²) in [5.41, 5.74) is 5.74. The second-order valence-electron chi connectivity index (χ2n) is 4.51. The van der Waals surface area contributed by atoms with E-state index in [0.29, 0.717) is 0 Å². The summed E-state index contributed by atoms with van der Waals surface area (Å²) < 4.78 is 25.3. The van der Waals surface area contributed by atoms with E-state index in [1.54, 1.807) is 12.3 Å². The molecule has 1 aromatic heterocycles. The van der Waals surface area contributed by atoms with Crippen LogP contribution < -0.4 is 5.73 Å². The Morgan fingerprint density at radius 2 is 2.12 bits per heavy atom. The number of benzene rings is 1. The zero-order valence-corrected chi connectivity index (χ0v) is 9.53. The second kappa shape index (κ2) is 4.37. The molecule has 0 amide bonds. The van der Waals surface area contributed by atoms with Crippen molar-refractivity contribution < 1.29 is 8.78 Å². The van der Waals surface area contributed by atoms with E-state index in [2.05, 4.69) is 4.98 Å². The molecular formula is C13H14F2N2. The van der Waals surface area contributed by atoms with Crippen LogP contribution in [0.5, 0.6) is 0 Å². The van der Waals surface area contributed by atoms with Crippen molar-refractivity contribution in [2.24, 2.45) is 5.73 Å². The molecule has 90 valence electrons. The number of halogens is 2. The molecule has 0 aliphatic rings. The number of alkyl halides is 2. The molecule has 0 saturated carbocycles. The zero-order chi connectivity index (χ0) is 12.5. The molecule has 0 radical (unpaired) electrons. The van der Waals surface area contributed by atoms with Gasteiger partial charge >= 0.3 is 0 Å². The van der Waals surface area contributed by atoms with Crippen LogP contribution in [-0.4, -0.2) is 16.9 Å². The van der Waals surface area contributed by atoms with Gasteiger partial charge in [0.15, 0.2) is 0 Å². The Hall–Kier alpha value is -1.55. The molecule has 0 bridgehead atoms. The first kappa shape index (κ1) is 11.9. The Bertz CT molecular complexity index is 524. The fourth-order valence-electron chi connectivity index (χ4n) is 1.75. The third-order valence-electron chi connectivity index (χ3n) is 2.75. The number of rotatable bonds is 3. The number of nitrogens with zero attached hydrogens (tertiary/aromatic N) is 1. The van der Waals surface area contributed by atoms with Gasteiger partial charge in [-0.3, -0.25) is 4.98 Å². The number of pyridine rings is 1. The van der Waals surface area contributed by atoms with Crippen molar-refractivity contribution >= 4 is 10.9 Å². The molecule has 1 unspecified atom stereocenters. The van der Waals surface area contributed by atoms with E-state index in [1.165, 1.54) is 6.92 Å². The van der Waals surface area contributed by atoms with Crippen molar-refractivity contribution in [1.82, 2.24) is 4.98 Å². The first-order valence-electron chi connectivity index (χ1n) is 5.40. The van der Waals surface area contributed by atoms with Gasteiger partial charge in [0.2, 0.25) is 0 Å². The highest BCUT2D eigenvalue weighted by Crippen LogP contribution is 2.21. The van der Waals surface area contributed by atoms with Crippen molar-refractivity contribution in [1.29, 1.82) is 0 Å².